The number of hydrogen-bond acceptors (Lipinski definition) is 3. The van der Waals surface area contributed by atoms with Gasteiger partial charge in [-0.3, -0.25) is 0 Å². The van der Waals surface area contributed by atoms with Crippen molar-refractivity contribution in [1.82, 2.24) is 0 Å². The molecule has 1 aromatic rings. The highest BCUT2D eigenvalue weighted by molar-refractivity contribution is 7.81. The van der Waals surface area contributed by atoms with Gasteiger partial charge in [-0.05, 0) is 24.3 Å². The molecule has 0 spiro atoms. The van der Waals surface area contributed by atoms with Crippen LogP contribution in [0.4, 0.5) is 18.9 Å². The molecule has 0 fully saturated rings. The minimum atomic E-state index is -4.29. The van der Waals surface area contributed by atoms with Crippen molar-refractivity contribution in [2.75, 3.05) is 16.7 Å². The SMILES string of the molecule is FC(F)(F)c1ccc(N(CS)CS)cc1. The highest BCUT2D eigenvalue weighted by Gasteiger charge is 2.30. The second-order valence-corrected chi connectivity index (χ2v) is 3.43. The summed E-state index contributed by atoms with van der Waals surface area (Å²) in [5, 5.41) is 0. The maximum Gasteiger partial charge on any atom is 0.416 e. The maximum atomic E-state index is 12.2. The van der Waals surface area contributed by atoms with Gasteiger partial charge in [-0.2, -0.15) is 38.4 Å². The van der Waals surface area contributed by atoms with E-state index in [-0.39, 0.29) is 0 Å². The minimum absolute atomic E-state index is 0.412. The zero-order valence-corrected chi connectivity index (χ0v) is 9.49. The number of hydrogen-bond donors (Lipinski definition) is 2. The highest BCUT2D eigenvalue weighted by atomic mass is 32.1. The van der Waals surface area contributed by atoms with Crippen LogP contribution in [0, 0.1) is 0 Å². The molecule has 0 aromatic heterocycles. The van der Waals surface area contributed by atoms with Crippen molar-refractivity contribution in [3.8, 4) is 0 Å². The van der Waals surface area contributed by atoms with Crippen LogP contribution in [0.15, 0.2) is 24.3 Å². The van der Waals surface area contributed by atoms with E-state index < -0.39 is 11.7 Å². The average molecular weight is 253 g/mol. The summed E-state index contributed by atoms with van der Waals surface area (Å²) < 4.78 is 36.7. The smallest absolute Gasteiger partial charge is 0.354 e. The van der Waals surface area contributed by atoms with Gasteiger partial charge in [0.05, 0.1) is 17.3 Å². The molecule has 0 aliphatic carbocycles. The van der Waals surface area contributed by atoms with E-state index in [0.29, 0.717) is 17.4 Å². The molecule has 0 bridgehead atoms. The lowest BCUT2D eigenvalue weighted by Crippen LogP contribution is -2.19. The van der Waals surface area contributed by atoms with Gasteiger partial charge in [0.15, 0.2) is 0 Å². The molecule has 0 heterocycles. The van der Waals surface area contributed by atoms with Crippen LogP contribution in [-0.2, 0) is 6.18 Å². The van der Waals surface area contributed by atoms with Crippen LogP contribution in [0.2, 0.25) is 0 Å². The van der Waals surface area contributed by atoms with Crippen LogP contribution in [-0.4, -0.2) is 11.8 Å². The van der Waals surface area contributed by atoms with Crippen molar-refractivity contribution in [3.05, 3.63) is 29.8 Å². The van der Waals surface area contributed by atoms with E-state index in [0.717, 1.165) is 12.1 Å². The van der Waals surface area contributed by atoms with Crippen molar-refractivity contribution < 1.29 is 13.2 Å². The van der Waals surface area contributed by atoms with Crippen LogP contribution < -0.4 is 4.90 Å². The van der Waals surface area contributed by atoms with Gasteiger partial charge in [-0.15, -0.1) is 0 Å². The molecule has 0 aliphatic rings. The number of benzene rings is 1. The van der Waals surface area contributed by atoms with Crippen LogP contribution in [0.1, 0.15) is 5.56 Å². The molecule has 1 nitrogen and oxygen atoms in total. The van der Waals surface area contributed by atoms with E-state index in [1.54, 1.807) is 4.90 Å². The van der Waals surface area contributed by atoms with Gasteiger partial charge < -0.3 is 4.90 Å². The number of halogens is 3. The van der Waals surface area contributed by atoms with Gasteiger partial charge in [-0.1, -0.05) is 0 Å². The Morgan fingerprint density at radius 1 is 1.00 bits per heavy atom. The molecule has 0 unspecified atom stereocenters. The third-order valence-corrected chi connectivity index (χ3v) is 2.58. The number of rotatable bonds is 3. The fraction of sp³-hybridized carbons (Fsp3) is 0.333. The van der Waals surface area contributed by atoms with Crippen molar-refractivity contribution in [2.45, 2.75) is 6.18 Å². The quantitative estimate of drug-likeness (QED) is 0.617. The summed E-state index contributed by atoms with van der Waals surface area (Å²) >= 11 is 8.09. The number of thiol groups is 2. The topological polar surface area (TPSA) is 3.24 Å². The Balaban J connectivity index is 2.89. The molecular weight excluding hydrogens is 243 g/mol. The summed E-state index contributed by atoms with van der Waals surface area (Å²) in [6, 6.07) is 4.93. The van der Waals surface area contributed by atoms with E-state index in [9.17, 15) is 13.2 Å². The third kappa shape index (κ3) is 3.24. The van der Waals surface area contributed by atoms with E-state index in [1.165, 1.54) is 12.1 Å². The number of anilines is 1. The van der Waals surface area contributed by atoms with Crippen LogP contribution in [0.25, 0.3) is 0 Å². The van der Waals surface area contributed by atoms with Gasteiger partial charge >= 0.3 is 6.18 Å². The number of nitrogens with zero attached hydrogens (tertiary/aromatic N) is 1. The molecule has 0 N–H and O–H groups in total. The fourth-order valence-corrected chi connectivity index (χ4v) is 1.75. The number of alkyl halides is 3. The van der Waals surface area contributed by atoms with Crippen LogP contribution >= 0.6 is 25.3 Å². The zero-order valence-electron chi connectivity index (χ0n) is 7.70. The summed E-state index contributed by atoms with van der Waals surface area (Å²) in [4.78, 5) is 1.73. The molecule has 0 aliphatic heterocycles. The summed E-state index contributed by atoms with van der Waals surface area (Å²) in [5.74, 6) is 0.823. The first-order valence-electron chi connectivity index (χ1n) is 4.13. The lowest BCUT2D eigenvalue weighted by molar-refractivity contribution is -0.137. The Hall–Kier alpha value is -0.490. The van der Waals surface area contributed by atoms with Gasteiger partial charge in [-0.25, -0.2) is 0 Å². The molecular formula is C9H10F3NS2. The maximum absolute atomic E-state index is 12.2. The van der Waals surface area contributed by atoms with Crippen molar-refractivity contribution in [3.63, 3.8) is 0 Å². The van der Waals surface area contributed by atoms with E-state index in [1.807, 2.05) is 0 Å². The van der Waals surface area contributed by atoms with Crippen molar-refractivity contribution in [2.24, 2.45) is 0 Å². The van der Waals surface area contributed by atoms with E-state index in [4.69, 9.17) is 0 Å². The normalized spacial score (nSPS) is 11.5. The monoisotopic (exact) mass is 253 g/mol. The zero-order chi connectivity index (χ0) is 11.5. The Morgan fingerprint density at radius 2 is 1.47 bits per heavy atom. The summed E-state index contributed by atoms with van der Waals surface area (Å²) in [5.41, 5.74) is 0.0255. The van der Waals surface area contributed by atoms with Gasteiger partial charge in [0.25, 0.3) is 0 Å². The second-order valence-electron chi connectivity index (χ2n) is 2.87. The molecule has 84 valence electrons. The molecule has 0 radical (unpaired) electrons. The van der Waals surface area contributed by atoms with Crippen molar-refractivity contribution in [1.29, 1.82) is 0 Å². The molecule has 0 saturated carbocycles. The highest BCUT2D eigenvalue weighted by Crippen LogP contribution is 2.30. The Kier molecular flexibility index (Phi) is 4.21. The Bertz CT molecular complexity index is 306. The lowest BCUT2D eigenvalue weighted by Gasteiger charge is -2.20. The second kappa shape index (κ2) is 5.03. The molecule has 0 saturated heterocycles. The average Bonchev–Trinajstić information content (AvgIpc) is 2.19. The van der Waals surface area contributed by atoms with Crippen LogP contribution in [0.3, 0.4) is 0 Å². The largest absolute Gasteiger partial charge is 0.416 e. The molecule has 0 amide bonds. The first kappa shape index (κ1) is 12.6. The molecule has 0 atom stereocenters. The molecule has 1 rings (SSSR count). The standard InChI is InChI=1S/C9H10F3NS2/c10-9(11,12)7-1-3-8(4-2-7)13(5-14)6-15/h1-4,14-15H,5-6H2. The van der Waals surface area contributed by atoms with Gasteiger partial charge in [0.1, 0.15) is 0 Å². The lowest BCUT2D eigenvalue weighted by atomic mass is 10.2. The van der Waals surface area contributed by atoms with Crippen LogP contribution in [0.5, 0.6) is 0 Å². The Morgan fingerprint density at radius 3 is 1.80 bits per heavy atom. The summed E-state index contributed by atoms with van der Waals surface area (Å²) in [6.07, 6.45) is -4.29. The first-order valence-corrected chi connectivity index (χ1v) is 5.39. The summed E-state index contributed by atoms with van der Waals surface area (Å²) in [7, 11) is 0. The van der Waals surface area contributed by atoms with Gasteiger partial charge in [0.2, 0.25) is 0 Å². The minimum Gasteiger partial charge on any atom is -0.354 e. The predicted molar refractivity (Wildman–Crippen MR) is 61.6 cm³/mol. The van der Waals surface area contributed by atoms with E-state index >= 15 is 0 Å². The summed E-state index contributed by atoms with van der Waals surface area (Å²) in [6.45, 7) is 0. The third-order valence-electron chi connectivity index (χ3n) is 1.90. The molecule has 6 heteroatoms. The predicted octanol–water partition coefficient (Wildman–Crippen LogP) is 3.29. The fourth-order valence-electron chi connectivity index (χ4n) is 1.07. The van der Waals surface area contributed by atoms with Gasteiger partial charge in [0, 0.05) is 5.69 Å². The van der Waals surface area contributed by atoms with E-state index in [2.05, 4.69) is 25.3 Å². The Labute approximate surface area is 97.1 Å². The first-order chi connectivity index (χ1) is 6.99. The van der Waals surface area contributed by atoms with Crippen molar-refractivity contribution >= 4 is 30.9 Å². The molecule has 15 heavy (non-hydrogen) atoms. The molecule has 1 aromatic carbocycles.